The Bertz CT molecular complexity index is 204. The van der Waals surface area contributed by atoms with E-state index in [1.807, 2.05) is 0 Å². The standard InChI is InChI=1S/C14H27N/c1-12(13-9-5-6-10-13)8-7-11-15-14(2,3)4/h8,13,15H,5-7,9-11H2,1-4H3. The van der Waals surface area contributed by atoms with Crippen molar-refractivity contribution in [2.45, 2.75) is 65.3 Å². The maximum atomic E-state index is 3.52. The normalized spacial score (nSPS) is 19.9. The third-order valence-electron chi connectivity index (χ3n) is 3.27. The van der Waals surface area contributed by atoms with E-state index in [1.165, 1.54) is 32.1 Å². The van der Waals surface area contributed by atoms with Crippen molar-refractivity contribution in [1.82, 2.24) is 5.32 Å². The first-order valence-electron chi connectivity index (χ1n) is 6.41. The quantitative estimate of drug-likeness (QED) is 0.547. The Morgan fingerprint density at radius 1 is 1.27 bits per heavy atom. The molecule has 1 aliphatic carbocycles. The van der Waals surface area contributed by atoms with Gasteiger partial charge in [-0.2, -0.15) is 0 Å². The highest BCUT2D eigenvalue weighted by Gasteiger charge is 2.15. The summed E-state index contributed by atoms with van der Waals surface area (Å²) in [5, 5.41) is 3.52. The van der Waals surface area contributed by atoms with Crippen LogP contribution in [0, 0.1) is 5.92 Å². The highest BCUT2D eigenvalue weighted by Crippen LogP contribution is 2.30. The second-order valence-electron chi connectivity index (χ2n) is 5.89. The van der Waals surface area contributed by atoms with Gasteiger partial charge in [-0.1, -0.05) is 24.5 Å². The van der Waals surface area contributed by atoms with E-state index >= 15 is 0 Å². The first kappa shape index (κ1) is 12.8. The molecule has 1 nitrogen and oxygen atoms in total. The lowest BCUT2D eigenvalue weighted by Gasteiger charge is -2.20. The molecule has 1 rings (SSSR count). The van der Waals surface area contributed by atoms with Crippen LogP contribution in [0.15, 0.2) is 11.6 Å². The Balaban J connectivity index is 2.19. The minimum atomic E-state index is 0.259. The van der Waals surface area contributed by atoms with Gasteiger partial charge in [0.25, 0.3) is 0 Å². The van der Waals surface area contributed by atoms with E-state index < -0.39 is 0 Å². The molecular weight excluding hydrogens is 182 g/mol. The lowest BCUT2D eigenvalue weighted by Crippen LogP contribution is -2.36. The minimum Gasteiger partial charge on any atom is -0.312 e. The molecule has 0 unspecified atom stereocenters. The molecule has 1 fully saturated rings. The van der Waals surface area contributed by atoms with Crippen molar-refractivity contribution in [2.75, 3.05) is 6.54 Å². The molecule has 1 saturated carbocycles. The van der Waals surface area contributed by atoms with Gasteiger partial charge in [0.2, 0.25) is 0 Å². The molecule has 0 heterocycles. The Hall–Kier alpha value is -0.300. The van der Waals surface area contributed by atoms with E-state index in [4.69, 9.17) is 0 Å². The van der Waals surface area contributed by atoms with Crippen LogP contribution in [-0.2, 0) is 0 Å². The molecule has 0 atom stereocenters. The maximum absolute atomic E-state index is 3.52. The SMILES string of the molecule is CC(=CCCNC(C)(C)C)C1CCCC1. The van der Waals surface area contributed by atoms with E-state index in [9.17, 15) is 0 Å². The summed E-state index contributed by atoms with van der Waals surface area (Å²) in [4.78, 5) is 0. The van der Waals surface area contributed by atoms with Crippen LogP contribution in [0.2, 0.25) is 0 Å². The topological polar surface area (TPSA) is 12.0 Å². The van der Waals surface area contributed by atoms with Crippen LogP contribution in [-0.4, -0.2) is 12.1 Å². The summed E-state index contributed by atoms with van der Waals surface area (Å²) in [6.07, 6.45) is 9.35. The fourth-order valence-corrected chi connectivity index (χ4v) is 2.29. The van der Waals surface area contributed by atoms with Crippen LogP contribution in [0.3, 0.4) is 0 Å². The van der Waals surface area contributed by atoms with Gasteiger partial charge in [0, 0.05) is 5.54 Å². The van der Waals surface area contributed by atoms with Gasteiger partial charge in [0.15, 0.2) is 0 Å². The average molecular weight is 209 g/mol. The number of allylic oxidation sites excluding steroid dienone is 1. The molecule has 0 aliphatic heterocycles. The van der Waals surface area contributed by atoms with Gasteiger partial charge in [-0.25, -0.2) is 0 Å². The summed E-state index contributed by atoms with van der Waals surface area (Å²) in [5.74, 6) is 0.902. The number of hydrogen-bond donors (Lipinski definition) is 1. The van der Waals surface area contributed by atoms with Crippen molar-refractivity contribution in [2.24, 2.45) is 5.92 Å². The third kappa shape index (κ3) is 5.36. The van der Waals surface area contributed by atoms with Crippen LogP contribution >= 0.6 is 0 Å². The van der Waals surface area contributed by atoms with Crippen molar-refractivity contribution >= 4 is 0 Å². The summed E-state index contributed by atoms with van der Waals surface area (Å²) < 4.78 is 0. The Labute approximate surface area is 95.3 Å². The molecule has 1 N–H and O–H groups in total. The Morgan fingerprint density at radius 3 is 2.40 bits per heavy atom. The third-order valence-corrected chi connectivity index (χ3v) is 3.27. The largest absolute Gasteiger partial charge is 0.312 e. The molecule has 0 aromatic rings. The molecule has 0 bridgehead atoms. The molecular formula is C14H27N. The zero-order valence-corrected chi connectivity index (χ0v) is 10.9. The molecule has 88 valence electrons. The van der Waals surface area contributed by atoms with Crippen LogP contribution in [0.5, 0.6) is 0 Å². The van der Waals surface area contributed by atoms with Crippen molar-refractivity contribution < 1.29 is 0 Å². The van der Waals surface area contributed by atoms with Gasteiger partial charge < -0.3 is 5.32 Å². The predicted molar refractivity (Wildman–Crippen MR) is 68.1 cm³/mol. The van der Waals surface area contributed by atoms with Gasteiger partial charge in [-0.15, -0.1) is 0 Å². The predicted octanol–water partition coefficient (Wildman–Crippen LogP) is 3.90. The van der Waals surface area contributed by atoms with Crippen LogP contribution in [0.25, 0.3) is 0 Å². The van der Waals surface area contributed by atoms with E-state index in [0.717, 1.165) is 12.5 Å². The molecule has 1 heteroatoms. The molecule has 1 aliphatic rings. The smallest absolute Gasteiger partial charge is 0.00966 e. The van der Waals surface area contributed by atoms with Gasteiger partial charge in [-0.05, 0) is 59.4 Å². The van der Waals surface area contributed by atoms with Crippen molar-refractivity contribution in [3.63, 3.8) is 0 Å². The van der Waals surface area contributed by atoms with Crippen molar-refractivity contribution in [3.05, 3.63) is 11.6 Å². The van der Waals surface area contributed by atoms with Crippen LogP contribution in [0.4, 0.5) is 0 Å². The summed E-state index contributed by atoms with van der Waals surface area (Å²) >= 11 is 0. The number of hydrogen-bond acceptors (Lipinski definition) is 1. The summed E-state index contributed by atoms with van der Waals surface area (Å²) in [6.45, 7) is 10.1. The zero-order valence-electron chi connectivity index (χ0n) is 10.9. The zero-order chi connectivity index (χ0) is 11.3. The highest BCUT2D eigenvalue weighted by molar-refractivity contribution is 5.05. The van der Waals surface area contributed by atoms with Crippen LogP contribution < -0.4 is 5.32 Å². The first-order chi connectivity index (χ1) is 6.99. The number of nitrogens with one attached hydrogen (secondary N) is 1. The summed E-state index contributed by atoms with van der Waals surface area (Å²) in [5.41, 5.74) is 1.89. The summed E-state index contributed by atoms with van der Waals surface area (Å²) in [7, 11) is 0. The molecule has 0 spiro atoms. The van der Waals surface area contributed by atoms with E-state index in [1.54, 1.807) is 5.57 Å². The lowest BCUT2D eigenvalue weighted by molar-refractivity contribution is 0.430. The van der Waals surface area contributed by atoms with Gasteiger partial charge in [-0.3, -0.25) is 0 Å². The fourth-order valence-electron chi connectivity index (χ4n) is 2.29. The summed E-state index contributed by atoms with van der Waals surface area (Å²) in [6, 6.07) is 0. The van der Waals surface area contributed by atoms with E-state index in [2.05, 4.69) is 39.1 Å². The Morgan fingerprint density at radius 2 is 1.87 bits per heavy atom. The lowest BCUT2D eigenvalue weighted by atomic mass is 9.98. The maximum Gasteiger partial charge on any atom is 0.00966 e. The van der Waals surface area contributed by atoms with Crippen molar-refractivity contribution in [1.29, 1.82) is 0 Å². The second-order valence-corrected chi connectivity index (χ2v) is 5.89. The van der Waals surface area contributed by atoms with E-state index in [0.29, 0.717) is 0 Å². The Kier molecular flexibility index (Phi) is 4.85. The molecule has 0 radical (unpaired) electrons. The van der Waals surface area contributed by atoms with Gasteiger partial charge in [0.05, 0.1) is 0 Å². The van der Waals surface area contributed by atoms with E-state index in [-0.39, 0.29) is 5.54 Å². The van der Waals surface area contributed by atoms with Crippen molar-refractivity contribution in [3.8, 4) is 0 Å². The fraction of sp³-hybridized carbons (Fsp3) is 0.857. The minimum absolute atomic E-state index is 0.259. The molecule has 0 aromatic carbocycles. The first-order valence-corrected chi connectivity index (χ1v) is 6.41. The van der Waals surface area contributed by atoms with Gasteiger partial charge >= 0.3 is 0 Å². The number of rotatable bonds is 4. The monoisotopic (exact) mass is 209 g/mol. The molecule has 0 saturated heterocycles. The van der Waals surface area contributed by atoms with Crippen LogP contribution in [0.1, 0.15) is 59.8 Å². The van der Waals surface area contributed by atoms with Gasteiger partial charge in [0.1, 0.15) is 0 Å². The highest BCUT2D eigenvalue weighted by atomic mass is 14.9. The molecule has 15 heavy (non-hydrogen) atoms. The second kappa shape index (κ2) is 5.69. The average Bonchev–Trinajstić information content (AvgIpc) is 2.63. The molecule has 0 aromatic heterocycles. The molecule has 0 amide bonds.